The molecule has 1 atom stereocenters. The Morgan fingerprint density at radius 2 is 1.86 bits per heavy atom. The van der Waals surface area contributed by atoms with Crippen LogP contribution < -0.4 is 5.32 Å². The Bertz CT molecular complexity index is 976. The molecule has 2 fully saturated rings. The second kappa shape index (κ2) is 7.31. The third-order valence-electron chi connectivity index (χ3n) is 5.59. The molecule has 2 aromatic carbocycles. The molecule has 2 aliphatic rings. The lowest BCUT2D eigenvalue weighted by atomic mass is 9.88. The zero-order valence-electron chi connectivity index (χ0n) is 16.2. The highest BCUT2D eigenvalue weighted by Crippen LogP contribution is 2.30. The van der Waals surface area contributed by atoms with E-state index in [0.717, 1.165) is 11.1 Å². The minimum absolute atomic E-state index is 0.0298. The molecule has 4 amide bonds. The molecule has 0 bridgehead atoms. The van der Waals surface area contributed by atoms with Crippen LogP contribution in [0.5, 0.6) is 0 Å². The Balaban J connectivity index is 1.54. The summed E-state index contributed by atoms with van der Waals surface area (Å²) in [5.41, 5.74) is 0.766. The van der Waals surface area contributed by atoms with Gasteiger partial charge < -0.3 is 10.2 Å². The van der Waals surface area contributed by atoms with Crippen LogP contribution in [0, 0.1) is 12.7 Å². The number of imide groups is 1. The summed E-state index contributed by atoms with van der Waals surface area (Å²) < 4.78 is 14.0. The van der Waals surface area contributed by atoms with Crippen LogP contribution in [0.3, 0.4) is 0 Å². The Kier molecular flexibility index (Phi) is 4.82. The van der Waals surface area contributed by atoms with Crippen LogP contribution in [0.4, 0.5) is 9.18 Å². The fourth-order valence-corrected chi connectivity index (χ4v) is 4.01. The molecule has 2 saturated heterocycles. The average molecular weight is 395 g/mol. The van der Waals surface area contributed by atoms with E-state index in [-0.39, 0.29) is 24.6 Å². The van der Waals surface area contributed by atoms with Gasteiger partial charge in [-0.25, -0.2) is 9.18 Å². The van der Waals surface area contributed by atoms with E-state index in [1.807, 2.05) is 31.2 Å². The quantitative estimate of drug-likeness (QED) is 0.813. The number of urea groups is 1. The molecule has 1 N–H and O–H groups in total. The van der Waals surface area contributed by atoms with Crippen molar-refractivity contribution in [2.45, 2.75) is 31.8 Å². The van der Waals surface area contributed by atoms with Crippen molar-refractivity contribution < 1.29 is 18.8 Å². The second-order valence-corrected chi connectivity index (χ2v) is 7.70. The lowest BCUT2D eigenvalue weighted by Gasteiger charge is -2.38. The maximum atomic E-state index is 14.0. The summed E-state index contributed by atoms with van der Waals surface area (Å²) in [5.74, 6) is -1.41. The number of piperidine rings is 1. The third-order valence-corrected chi connectivity index (χ3v) is 5.59. The molecule has 7 heteroatoms. The second-order valence-electron chi connectivity index (χ2n) is 7.70. The first kappa shape index (κ1) is 19.1. The van der Waals surface area contributed by atoms with E-state index in [4.69, 9.17) is 0 Å². The third kappa shape index (κ3) is 3.48. The summed E-state index contributed by atoms with van der Waals surface area (Å²) in [6.07, 6.45) is 0.994. The zero-order chi connectivity index (χ0) is 20.6. The molecule has 0 aliphatic carbocycles. The number of nitrogens with zero attached hydrogens (tertiary/aromatic N) is 2. The average Bonchev–Trinajstić information content (AvgIpc) is 2.93. The maximum Gasteiger partial charge on any atom is 0.325 e. The van der Waals surface area contributed by atoms with Gasteiger partial charge in [-0.2, -0.15) is 0 Å². The van der Waals surface area contributed by atoms with E-state index in [2.05, 4.69) is 5.32 Å². The minimum atomic E-state index is -1.15. The predicted octanol–water partition coefficient (Wildman–Crippen LogP) is 2.86. The van der Waals surface area contributed by atoms with Gasteiger partial charge in [0.15, 0.2) is 0 Å². The molecule has 2 aromatic rings. The van der Waals surface area contributed by atoms with E-state index in [1.54, 1.807) is 6.07 Å². The molecule has 0 saturated carbocycles. The summed E-state index contributed by atoms with van der Waals surface area (Å²) in [7, 11) is 0. The van der Waals surface area contributed by atoms with Crippen molar-refractivity contribution in [2.24, 2.45) is 0 Å². The first-order valence-electron chi connectivity index (χ1n) is 9.63. The lowest BCUT2D eigenvalue weighted by molar-refractivity contribution is -0.133. The van der Waals surface area contributed by atoms with Crippen molar-refractivity contribution in [3.63, 3.8) is 0 Å². The zero-order valence-corrected chi connectivity index (χ0v) is 16.2. The highest BCUT2D eigenvalue weighted by atomic mass is 19.1. The summed E-state index contributed by atoms with van der Waals surface area (Å²) in [6, 6.07) is 12.9. The van der Waals surface area contributed by atoms with Gasteiger partial charge in [-0.15, -0.1) is 0 Å². The molecule has 4 rings (SSSR count). The summed E-state index contributed by atoms with van der Waals surface area (Å²) >= 11 is 0. The maximum absolute atomic E-state index is 14.0. The Hall–Kier alpha value is -3.22. The topological polar surface area (TPSA) is 69.7 Å². The molecule has 1 spiro atoms. The SMILES string of the molecule is Cc1ccc(CN2C(=O)N[C@]3(CCCN(C(=O)c4ccccc4F)C3)C2=O)cc1. The van der Waals surface area contributed by atoms with Crippen LogP contribution >= 0.6 is 0 Å². The highest BCUT2D eigenvalue weighted by molar-refractivity contribution is 6.07. The van der Waals surface area contributed by atoms with Gasteiger partial charge in [-0.1, -0.05) is 42.0 Å². The van der Waals surface area contributed by atoms with Crippen LogP contribution in [0.2, 0.25) is 0 Å². The van der Waals surface area contributed by atoms with Crippen LogP contribution in [-0.4, -0.2) is 46.3 Å². The Morgan fingerprint density at radius 1 is 1.14 bits per heavy atom. The number of hydrogen-bond donors (Lipinski definition) is 1. The number of amides is 4. The van der Waals surface area contributed by atoms with Gasteiger partial charge in [0.25, 0.3) is 11.8 Å². The smallest absolute Gasteiger partial charge is 0.325 e. The Morgan fingerprint density at radius 3 is 2.59 bits per heavy atom. The standard InChI is InChI=1S/C22H22FN3O3/c1-15-7-9-16(10-8-15)13-26-20(28)22(24-21(26)29)11-4-12-25(14-22)19(27)17-5-2-3-6-18(17)23/h2-3,5-10H,4,11-14H2,1H3,(H,24,29)/t22-/m0/s1. The molecule has 0 radical (unpaired) electrons. The minimum Gasteiger partial charge on any atom is -0.336 e. The molecule has 2 heterocycles. The van der Waals surface area contributed by atoms with Crippen molar-refractivity contribution in [3.8, 4) is 0 Å². The van der Waals surface area contributed by atoms with Gasteiger partial charge >= 0.3 is 6.03 Å². The molecule has 29 heavy (non-hydrogen) atoms. The number of halogens is 1. The number of likely N-dealkylation sites (tertiary alicyclic amines) is 1. The first-order valence-corrected chi connectivity index (χ1v) is 9.63. The molecule has 0 unspecified atom stereocenters. The molecular formula is C22H22FN3O3. The number of nitrogens with one attached hydrogen (secondary N) is 1. The fraction of sp³-hybridized carbons (Fsp3) is 0.318. The number of benzene rings is 2. The molecule has 0 aromatic heterocycles. The van der Waals surface area contributed by atoms with Crippen molar-refractivity contribution in [1.82, 2.24) is 15.1 Å². The Labute approximate surface area is 168 Å². The first-order chi connectivity index (χ1) is 13.9. The van der Waals surface area contributed by atoms with E-state index in [0.29, 0.717) is 19.4 Å². The summed E-state index contributed by atoms with van der Waals surface area (Å²) in [4.78, 5) is 41.2. The number of carbonyl (C=O) groups is 3. The normalized spacial score (nSPS) is 21.6. The summed E-state index contributed by atoms with van der Waals surface area (Å²) in [5, 5.41) is 2.80. The van der Waals surface area contributed by atoms with E-state index in [9.17, 15) is 18.8 Å². The summed E-state index contributed by atoms with van der Waals surface area (Å²) in [6.45, 7) is 2.59. The van der Waals surface area contributed by atoms with Gasteiger partial charge in [0.05, 0.1) is 18.7 Å². The van der Waals surface area contributed by atoms with Gasteiger partial charge in [0.1, 0.15) is 11.4 Å². The van der Waals surface area contributed by atoms with Gasteiger partial charge in [-0.3, -0.25) is 14.5 Å². The van der Waals surface area contributed by atoms with Gasteiger partial charge in [-0.05, 0) is 37.5 Å². The molecular weight excluding hydrogens is 373 g/mol. The van der Waals surface area contributed by atoms with Crippen LogP contribution in [-0.2, 0) is 11.3 Å². The molecule has 150 valence electrons. The van der Waals surface area contributed by atoms with Crippen molar-refractivity contribution in [3.05, 3.63) is 71.0 Å². The number of hydrogen-bond acceptors (Lipinski definition) is 3. The van der Waals surface area contributed by atoms with Crippen molar-refractivity contribution in [2.75, 3.05) is 13.1 Å². The van der Waals surface area contributed by atoms with Crippen molar-refractivity contribution >= 4 is 17.8 Å². The number of aryl methyl sites for hydroxylation is 1. The van der Waals surface area contributed by atoms with Crippen LogP contribution in [0.1, 0.15) is 34.3 Å². The van der Waals surface area contributed by atoms with Crippen LogP contribution in [0.15, 0.2) is 48.5 Å². The van der Waals surface area contributed by atoms with Gasteiger partial charge in [0, 0.05) is 6.54 Å². The highest BCUT2D eigenvalue weighted by Gasteiger charge is 2.53. The lowest BCUT2D eigenvalue weighted by Crippen LogP contribution is -2.59. The van der Waals surface area contributed by atoms with Crippen LogP contribution in [0.25, 0.3) is 0 Å². The predicted molar refractivity (Wildman–Crippen MR) is 105 cm³/mol. The fourth-order valence-electron chi connectivity index (χ4n) is 4.01. The van der Waals surface area contributed by atoms with E-state index < -0.39 is 23.3 Å². The largest absolute Gasteiger partial charge is 0.336 e. The molecule has 6 nitrogen and oxygen atoms in total. The van der Waals surface area contributed by atoms with Crippen molar-refractivity contribution in [1.29, 1.82) is 0 Å². The van der Waals surface area contributed by atoms with E-state index in [1.165, 1.54) is 28.0 Å². The monoisotopic (exact) mass is 395 g/mol. The number of rotatable bonds is 3. The van der Waals surface area contributed by atoms with Gasteiger partial charge in [0.2, 0.25) is 0 Å². The van der Waals surface area contributed by atoms with E-state index >= 15 is 0 Å². The number of carbonyl (C=O) groups excluding carboxylic acids is 3. The molecule has 2 aliphatic heterocycles.